The zero-order chi connectivity index (χ0) is 13.9. The fourth-order valence-corrected chi connectivity index (χ4v) is 3.14. The van der Waals surface area contributed by atoms with Gasteiger partial charge < -0.3 is 0 Å². The van der Waals surface area contributed by atoms with E-state index in [2.05, 4.69) is 4.85 Å². The van der Waals surface area contributed by atoms with E-state index in [-0.39, 0.29) is 10.5 Å². The van der Waals surface area contributed by atoms with Gasteiger partial charge in [-0.3, -0.25) is 4.85 Å². The van der Waals surface area contributed by atoms with Gasteiger partial charge in [0.15, 0.2) is 0 Å². The van der Waals surface area contributed by atoms with Gasteiger partial charge in [0.2, 0.25) is 0 Å². The topological polar surface area (TPSA) is 38.5 Å². The summed E-state index contributed by atoms with van der Waals surface area (Å²) in [7, 11) is -3.79. The second kappa shape index (κ2) is 5.21. The number of hydrogen-bond donors (Lipinski definition) is 0. The summed E-state index contributed by atoms with van der Waals surface area (Å²) in [5.41, 5.74) is 0.264. The maximum atomic E-state index is 12.8. The lowest BCUT2D eigenvalue weighted by molar-refractivity contribution is 0.589. The van der Waals surface area contributed by atoms with Crippen LogP contribution in [0.4, 0.5) is 4.39 Å². The smallest absolute Gasteiger partial charge is 0.291 e. The molecule has 96 valence electrons. The Labute approximate surface area is 111 Å². The highest BCUT2D eigenvalue weighted by Gasteiger charge is 2.34. The molecule has 2 aromatic carbocycles. The van der Waals surface area contributed by atoms with E-state index in [1.165, 1.54) is 24.3 Å². The largest absolute Gasteiger partial charge is 0.350 e. The molecule has 0 fully saturated rings. The lowest BCUT2D eigenvalue weighted by Crippen LogP contribution is -2.10. The molecule has 0 aliphatic rings. The van der Waals surface area contributed by atoms with E-state index in [1.54, 1.807) is 18.2 Å². The molecule has 1 unspecified atom stereocenters. The van der Waals surface area contributed by atoms with Crippen LogP contribution in [0.25, 0.3) is 4.85 Å². The molecule has 2 rings (SSSR count). The van der Waals surface area contributed by atoms with Gasteiger partial charge in [-0.15, -0.1) is 0 Å². The number of nitrogens with zero attached hydrogens (tertiary/aromatic N) is 1. The van der Waals surface area contributed by atoms with Crippen molar-refractivity contribution in [2.24, 2.45) is 0 Å². The lowest BCUT2D eigenvalue weighted by Gasteiger charge is -2.07. The van der Waals surface area contributed by atoms with Gasteiger partial charge in [-0.25, -0.2) is 19.4 Å². The maximum absolute atomic E-state index is 12.8. The Kier molecular flexibility index (Phi) is 3.63. The summed E-state index contributed by atoms with van der Waals surface area (Å²) in [6, 6.07) is 12.7. The average Bonchev–Trinajstić information content (AvgIpc) is 2.42. The van der Waals surface area contributed by atoms with E-state index in [4.69, 9.17) is 6.57 Å². The zero-order valence-electron chi connectivity index (χ0n) is 9.82. The van der Waals surface area contributed by atoms with Crippen molar-refractivity contribution in [3.63, 3.8) is 0 Å². The molecule has 5 heteroatoms. The average molecular weight is 275 g/mol. The van der Waals surface area contributed by atoms with E-state index < -0.39 is 21.0 Å². The predicted molar refractivity (Wildman–Crippen MR) is 69.4 cm³/mol. The van der Waals surface area contributed by atoms with Crippen molar-refractivity contribution in [3.8, 4) is 0 Å². The molecule has 0 bridgehead atoms. The third-order valence-corrected chi connectivity index (χ3v) is 4.53. The van der Waals surface area contributed by atoms with Gasteiger partial charge >= 0.3 is 5.37 Å². The number of halogens is 1. The molecule has 0 amide bonds. The Hall–Kier alpha value is -2.19. The molecule has 0 heterocycles. The van der Waals surface area contributed by atoms with Gasteiger partial charge in [0.1, 0.15) is 5.82 Å². The Bertz CT molecular complexity index is 703. The molecular formula is C14H10FNO2S. The van der Waals surface area contributed by atoms with E-state index in [1.807, 2.05) is 0 Å². The Balaban J connectivity index is 2.49. The minimum absolute atomic E-state index is 0.0836. The van der Waals surface area contributed by atoms with Crippen molar-refractivity contribution < 1.29 is 12.8 Å². The van der Waals surface area contributed by atoms with Gasteiger partial charge in [-0.2, -0.15) is 0 Å². The van der Waals surface area contributed by atoms with Crippen molar-refractivity contribution in [1.29, 1.82) is 0 Å². The summed E-state index contributed by atoms with van der Waals surface area (Å²) in [6.45, 7) is 7.11. The second-order valence-corrected chi connectivity index (χ2v) is 5.90. The molecule has 0 aromatic heterocycles. The molecule has 0 spiro atoms. The van der Waals surface area contributed by atoms with Gasteiger partial charge in [-0.05, 0) is 36.4 Å². The normalized spacial score (nSPS) is 12.6. The molecule has 1 atom stereocenters. The first-order valence-electron chi connectivity index (χ1n) is 5.46. The minimum Gasteiger partial charge on any atom is -0.291 e. The number of rotatable bonds is 3. The summed E-state index contributed by atoms with van der Waals surface area (Å²) >= 11 is 0. The second-order valence-electron chi connectivity index (χ2n) is 3.89. The zero-order valence-corrected chi connectivity index (χ0v) is 10.6. The van der Waals surface area contributed by atoms with Crippen LogP contribution >= 0.6 is 0 Å². The molecule has 2 aromatic rings. The molecular weight excluding hydrogens is 265 g/mol. The van der Waals surface area contributed by atoms with E-state index in [9.17, 15) is 12.8 Å². The van der Waals surface area contributed by atoms with Crippen LogP contribution in [-0.2, 0) is 9.84 Å². The Morgan fingerprint density at radius 2 is 1.58 bits per heavy atom. The molecule has 0 saturated heterocycles. The van der Waals surface area contributed by atoms with Crippen LogP contribution in [0.3, 0.4) is 0 Å². The SMILES string of the molecule is [C-]#[N+]C(c1ccc(F)cc1)S(=O)(=O)c1ccccc1. The first-order chi connectivity index (χ1) is 9.05. The number of sulfone groups is 1. The third kappa shape index (κ3) is 2.64. The number of hydrogen-bond acceptors (Lipinski definition) is 2. The van der Waals surface area contributed by atoms with Crippen LogP contribution in [0.5, 0.6) is 0 Å². The third-order valence-electron chi connectivity index (χ3n) is 2.64. The number of benzene rings is 2. The fourth-order valence-electron chi connectivity index (χ4n) is 1.69. The van der Waals surface area contributed by atoms with Crippen molar-refractivity contribution in [2.75, 3.05) is 0 Å². The van der Waals surface area contributed by atoms with Crippen LogP contribution in [0.2, 0.25) is 0 Å². The molecule has 0 radical (unpaired) electrons. The van der Waals surface area contributed by atoms with Crippen molar-refractivity contribution in [2.45, 2.75) is 10.3 Å². The predicted octanol–water partition coefficient (Wildman–Crippen LogP) is 3.22. The van der Waals surface area contributed by atoms with Crippen LogP contribution in [-0.4, -0.2) is 8.42 Å². The molecule has 19 heavy (non-hydrogen) atoms. The first kappa shape index (κ1) is 13.2. The monoisotopic (exact) mass is 275 g/mol. The van der Waals surface area contributed by atoms with Crippen molar-refractivity contribution in [1.82, 2.24) is 0 Å². The van der Waals surface area contributed by atoms with Gasteiger partial charge in [0, 0.05) is 0 Å². The quantitative estimate of drug-likeness (QED) is 0.807. The summed E-state index contributed by atoms with van der Waals surface area (Å²) < 4.78 is 37.5. The van der Waals surface area contributed by atoms with E-state index in [0.29, 0.717) is 0 Å². The minimum atomic E-state index is -3.79. The standard InChI is InChI=1S/C14H10FNO2S/c1-16-14(11-7-9-12(15)10-8-11)19(17,18)13-5-3-2-4-6-13/h2-10,14H. The van der Waals surface area contributed by atoms with Gasteiger partial charge in [0.05, 0.1) is 10.5 Å². The lowest BCUT2D eigenvalue weighted by atomic mass is 10.2. The molecule has 3 nitrogen and oxygen atoms in total. The van der Waals surface area contributed by atoms with Crippen LogP contribution in [0.15, 0.2) is 59.5 Å². The Morgan fingerprint density at radius 1 is 1.00 bits per heavy atom. The maximum Gasteiger partial charge on any atom is 0.350 e. The highest BCUT2D eigenvalue weighted by Crippen LogP contribution is 2.30. The summed E-state index contributed by atoms with van der Waals surface area (Å²) in [5.74, 6) is -0.468. The first-order valence-corrected chi connectivity index (χ1v) is 7.01. The summed E-state index contributed by atoms with van der Waals surface area (Å²) in [6.07, 6.45) is 0. The highest BCUT2D eigenvalue weighted by molar-refractivity contribution is 7.91. The highest BCUT2D eigenvalue weighted by atomic mass is 32.2. The summed E-state index contributed by atoms with van der Waals surface area (Å²) in [5, 5.41) is -1.35. The van der Waals surface area contributed by atoms with E-state index in [0.717, 1.165) is 12.1 Å². The van der Waals surface area contributed by atoms with Crippen LogP contribution < -0.4 is 0 Å². The fraction of sp³-hybridized carbons (Fsp3) is 0.0714. The van der Waals surface area contributed by atoms with Gasteiger partial charge in [0.25, 0.3) is 9.84 Å². The van der Waals surface area contributed by atoms with E-state index >= 15 is 0 Å². The van der Waals surface area contributed by atoms with Gasteiger partial charge in [-0.1, -0.05) is 18.2 Å². The van der Waals surface area contributed by atoms with Crippen LogP contribution in [0.1, 0.15) is 10.9 Å². The molecule has 0 aliphatic carbocycles. The molecule has 0 saturated carbocycles. The van der Waals surface area contributed by atoms with Crippen molar-refractivity contribution >= 4 is 9.84 Å². The Morgan fingerprint density at radius 3 is 2.11 bits per heavy atom. The van der Waals surface area contributed by atoms with Crippen LogP contribution in [0, 0.1) is 12.4 Å². The summed E-state index contributed by atoms with van der Waals surface area (Å²) in [4.78, 5) is 3.26. The molecule has 0 N–H and O–H groups in total. The molecule has 0 aliphatic heterocycles. The van der Waals surface area contributed by atoms with Crippen molar-refractivity contribution in [3.05, 3.63) is 77.4 Å².